The van der Waals surface area contributed by atoms with Crippen LogP contribution in [0.3, 0.4) is 0 Å². The third-order valence-electron chi connectivity index (χ3n) is 2.84. The lowest BCUT2D eigenvalue weighted by Crippen LogP contribution is -2.26. The van der Waals surface area contributed by atoms with E-state index in [0.29, 0.717) is 12.1 Å². The second-order valence-corrected chi connectivity index (χ2v) is 4.44. The quantitative estimate of drug-likeness (QED) is 0.904. The average Bonchev–Trinajstić information content (AvgIpc) is 2.48. The number of nitrogens with one attached hydrogen (secondary N) is 1. The third kappa shape index (κ3) is 3.54. The summed E-state index contributed by atoms with van der Waals surface area (Å²) in [6.07, 6.45) is 3.32. The van der Waals surface area contributed by atoms with Gasteiger partial charge in [-0.15, -0.1) is 0 Å². The van der Waals surface area contributed by atoms with Gasteiger partial charge >= 0.3 is 0 Å². The van der Waals surface area contributed by atoms with Gasteiger partial charge in [-0.3, -0.25) is 9.78 Å². The van der Waals surface area contributed by atoms with Crippen LogP contribution in [-0.4, -0.2) is 34.4 Å². The highest BCUT2D eigenvalue weighted by molar-refractivity contribution is 5.93. The molecule has 0 aromatic carbocycles. The minimum absolute atomic E-state index is 0.0637. The van der Waals surface area contributed by atoms with Gasteiger partial charge in [0.15, 0.2) is 0 Å². The molecule has 1 N–H and O–H groups in total. The van der Waals surface area contributed by atoms with E-state index in [9.17, 15) is 4.79 Å². The van der Waals surface area contributed by atoms with E-state index in [-0.39, 0.29) is 5.91 Å². The monoisotopic (exact) mass is 270 g/mol. The first-order chi connectivity index (χ1) is 9.70. The molecule has 0 saturated carbocycles. The number of hydrogen-bond acceptors (Lipinski definition) is 4. The predicted molar refractivity (Wildman–Crippen MR) is 78.4 cm³/mol. The van der Waals surface area contributed by atoms with E-state index in [2.05, 4.69) is 15.3 Å². The molecule has 0 spiro atoms. The number of nitrogens with zero attached hydrogens (tertiary/aromatic N) is 3. The lowest BCUT2D eigenvalue weighted by molar-refractivity contribution is 0.0783. The highest BCUT2D eigenvalue weighted by atomic mass is 16.2. The van der Waals surface area contributed by atoms with Crippen molar-refractivity contribution in [2.75, 3.05) is 18.9 Å². The maximum atomic E-state index is 12.3. The van der Waals surface area contributed by atoms with Crippen LogP contribution in [-0.2, 0) is 6.54 Å². The third-order valence-corrected chi connectivity index (χ3v) is 2.84. The summed E-state index contributed by atoms with van der Waals surface area (Å²) in [7, 11) is 1.76. The molecule has 2 aromatic heterocycles. The molecular formula is C15H18N4O. The van der Waals surface area contributed by atoms with Crippen molar-refractivity contribution in [3.63, 3.8) is 0 Å². The molecule has 0 aliphatic rings. The van der Waals surface area contributed by atoms with E-state index in [1.807, 2.05) is 31.2 Å². The Bertz CT molecular complexity index is 554. The molecule has 0 aliphatic heterocycles. The number of hydrogen-bond donors (Lipinski definition) is 1. The largest absolute Gasteiger partial charge is 0.370 e. The molecule has 5 heteroatoms. The van der Waals surface area contributed by atoms with Crippen LogP contribution in [0.5, 0.6) is 0 Å². The van der Waals surface area contributed by atoms with Crippen molar-refractivity contribution in [1.29, 1.82) is 0 Å². The topological polar surface area (TPSA) is 58.1 Å². The van der Waals surface area contributed by atoms with Crippen molar-refractivity contribution < 1.29 is 4.79 Å². The highest BCUT2D eigenvalue weighted by Gasteiger charge is 2.12. The van der Waals surface area contributed by atoms with Crippen LogP contribution >= 0.6 is 0 Å². The number of aromatic nitrogens is 2. The van der Waals surface area contributed by atoms with Crippen LogP contribution < -0.4 is 5.32 Å². The van der Waals surface area contributed by atoms with Gasteiger partial charge in [0.1, 0.15) is 5.82 Å². The Kier molecular flexibility index (Phi) is 4.65. The zero-order valence-corrected chi connectivity index (χ0v) is 11.7. The fourth-order valence-electron chi connectivity index (χ4n) is 1.83. The fraction of sp³-hybridized carbons (Fsp3) is 0.267. The number of carbonyl (C=O) groups excluding carboxylic acids is 1. The standard InChI is InChI=1S/C15H18N4O/c1-3-16-14-8-7-12(10-18-14)15(20)19(2)11-13-6-4-5-9-17-13/h4-10H,3,11H2,1-2H3,(H,16,18). The van der Waals surface area contributed by atoms with Crippen molar-refractivity contribution in [2.45, 2.75) is 13.5 Å². The summed E-state index contributed by atoms with van der Waals surface area (Å²) < 4.78 is 0. The van der Waals surface area contributed by atoms with Gasteiger partial charge in [-0.05, 0) is 31.2 Å². The summed E-state index contributed by atoms with van der Waals surface area (Å²) in [5.41, 5.74) is 1.44. The van der Waals surface area contributed by atoms with Crippen LogP contribution in [0.1, 0.15) is 23.0 Å². The van der Waals surface area contributed by atoms with Crippen LogP contribution in [0, 0.1) is 0 Å². The summed E-state index contributed by atoms with van der Waals surface area (Å²) >= 11 is 0. The van der Waals surface area contributed by atoms with E-state index in [1.165, 1.54) is 0 Å². The Morgan fingerprint density at radius 2 is 2.10 bits per heavy atom. The molecular weight excluding hydrogens is 252 g/mol. The Labute approximate surface area is 118 Å². The van der Waals surface area contributed by atoms with Crippen molar-refractivity contribution >= 4 is 11.7 Å². The van der Waals surface area contributed by atoms with Gasteiger partial charge in [0, 0.05) is 26.0 Å². The van der Waals surface area contributed by atoms with Crippen molar-refractivity contribution in [2.24, 2.45) is 0 Å². The van der Waals surface area contributed by atoms with Gasteiger partial charge in [-0.2, -0.15) is 0 Å². The van der Waals surface area contributed by atoms with E-state index < -0.39 is 0 Å². The first-order valence-corrected chi connectivity index (χ1v) is 6.56. The van der Waals surface area contributed by atoms with E-state index >= 15 is 0 Å². The maximum absolute atomic E-state index is 12.3. The second-order valence-electron chi connectivity index (χ2n) is 4.44. The molecule has 0 unspecified atom stereocenters. The minimum atomic E-state index is -0.0637. The van der Waals surface area contributed by atoms with Crippen molar-refractivity contribution in [1.82, 2.24) is 14.9 Å². The van der Waals surface area contributed by atoms with Crippen LogP contribution in [0.15, 0.2) is 42.7 Å². The Balaban J connectivity index is 2.03. The normalized spacial score (nSPS) is 10.1. The lowest BCUT2D eigenvalue weighted by atomic mass is 10.2. The Morgan fingerprint density at radius 1 is 1.25 bits per heavy atom. The first-order valence-electron chi connectivity index (χ1n) is 6.56. The summed E-state index contributed by atoms with van der Waals surface area (Å²) in [6, 6.07) is 9.26. The van der Waals surface area contributed by atoms with Crippen molar-refractivity contribution in [3.05, 3.63) is 54.0 Å². The molecule has 0 aliphatic carbocycles. The molecule has 2 rings (SSSR count). The molecule has 20 heavy (non-hydrogen) atoms. The highest BCUT2D eigenvalue weighted by Crippen LogP contribution is 2.09. The van der Waals surface area contributed by atoms with E-state index in [1.54, 1.807) is 30.4 Å². The molecule has 0 radical (unpaired) electrons. The predicted octanol–water partition coefficient (Wildman–Crippen LogP) is 2.18. The number of amides is 1. The molecule has 1 amide bonds. The fourth-order valence-corrected chi connectivity index (χ4v) is 1.83. The smallest absolute Gasteiger partial charge is 0.255 e. The molecule has 104 valence electrons. The number of anilines is 1. The molecule has 0 bridgehead atoms. The van der Waals surface area contributed by atoms with Gasteiger partial charge in [0.05, 0.1) is 17.8 Å². The Morgan fingerprint density at radius 3 is 2.70 bits per heavy atom. The lowest BCUT2D eigenvalue weighted by Gasteiger charge is -2.16. The van der Waals surface area contributed by atoms with E-state index in [0.717, 1.165) is 18.1 Å². The average molecular weight is 270 g/mol. The van der Waals surface area contributed by atoms with Gasteiger partial charge in [0.25, 0.3) is 5.91 Å². The molecule has 2 heterocycles. The first kappa shape index (κ1) is 14.0. The van der Waals surface area contributed by atoms with Gasteiger partial charge in [-0.25, -0.2) is 4.98 Å². The number of carbonyl (C=O) groups is 1. The number of pyridine rings is 2. The molecule has 0 fully saturated rings. The van der Waals surface area contributed by atoms with Crippen LogP contribution in [0.2, 0.25) is 0 Å². The summed E-state index contributed by atoms with van der Waals surface area (Å²) in [5, 5.41) is 3.10. The summed E-state index contributed by atoms with van der Waals surface area (Å²) in [5.74, 6) is 0.711. The van der Waals surface area contributed by atoms with Crippen molar-refractivity contribution in [3.8, 4) is 0 Å². The maximum Gasteiger partial charge on any atom is 0.255 e. The number of rotatable bonds is 5. The zero-order valence-electron chi connectivity index (χ0n) is 11.7. The van der Waals surface area contributed by atoms with Crippen LogP contribution in [0.25, 0.3) is 0 Å². The second kappa shape index (κ2) is 6.65. The van der Waals surface area contributed by atoms with Gasteiger partial charge in [-0.1, -0.05) is 6.07 Å². The molecule has 2 aromatic rings. The molecule has 0 atom stereocenters. The molecule has 0 saturated heterocycles. The summed E-state index contributed by atoms with van der Waals surface area (Å²) in [4.78, 5) is 22.3. The van der Waals surface area contributed by atoms with Gasteiger partial charge < -0.3 is 10.2 Å². The minimum Gasteiger partial charge on any atom is -0.370 e. The summed E-state index contributed by atoms with van der Waals surface area (Å²) in [6.45, 7) is 3.29. The Hall–Kier alpha value is -2.43. The SMILES string of the molecule is CCNc1ccc(C(=O)N(C)Cc2ccccn2)cn1. The van der Waals surface area contributed by atoms with Gasteiger partial charge in [0.2, 0.25) is 0 Å². The van der Waals surface area contributed by atoms with E-state index in [4.69, 9.17) is 0 Å². The zero-order chi connectivity index (χ0) is 14.4. The molecule has 5 nitrogen and oxygen atoms in total. The van der Waals surface area contributed by atoms with Crippen LogP contribution in [0.4, 0.5) is 5.82 Å².